The topological polar surface area (TPSA) is 71.3 Å². The number of nitrogens with zero attached hydrogens (tertiary/aromatic N) is 3. The summed E-state index contributed by atoms with van der Waals surface area (Å²) in [7, 11) is 0. The molecule has 0 saturated carbocycles. The van der Waals surface area contributed by atoms with Crippen LogP contribution in [0.25, 0.3) is 11.4 Å². The molecule has 2 aromatic carbocycles. The van der Waals surface area contributed by atoms with Crippen molar-refractivity contribution in [3.05, 3.63) is 69.5 Å². The molecule has 1 amide bonds. The van der Waals surface area contributed by atoms with Crippen molar-refractivity contribution in [3.63, 3.8) is 0 Å². The molecule has 6 nitrogen and oxygen atoms in total. The van der Waals surface area contributed by atoms with Gasteiger partial charge in [-0.25, -0.2) is 0 Å². The first kappa shape index (κ1) is 22.4. The SMILES string of the molecule is O=C(NC1CCCc2ccccc21)C1CCN(Cc2nc(-c3ccc(Cl)cc3Cl)no2)CC1. The van der Waals surface area contributed by atoms with Crippen LogP contribution >= 0.6 is 23.2 Å². The van der Waals surface area contributed by atoms with Gasteiger partial charge in [0.2, 0.25) is 17.6 Å². The second-order valence-electron chi connectivity index (χ2n) is 8.84. The maximum atomic E-state index is 13.0. The Morgan fingerprint density at radius 3 is 2.76 bits per heavy atom. The highest BCUT2D eigenvalue weighted by Crippen LogP contribution is 2.31. The second-order valence-corrected chi connectivity index (χ2v) is 9.68. The number of likely N-dealkylation sites (tertiary alicyclic amines) is 1. The summed E-state index contributed by atoms with van der Waals surface area (Å²) in [5.74, 6) is 1.21. The molecule has 33 heavy (non-hydrogen) atoms. The van der Waals surface area contributed by atoms with Gasteiger partial charge in [0.15, 0.2) is 0 Å². The fraction of sp³-hybridized carbons (Fsp3) is 0.400. The van der Waals surface area contributed by atoms with Gasteiger partial charge in [-0.15, -0.1) is 0 Å². The molecule has 1 aliphatic carbocycles. The third kappa shape index (κ3) is 5.08. The lowest BCUT2D eigenvalue weighted by Crippen LogP contribution is -2.41. The number of hydrogen-bond acceptors (Lipinski definition) is 5. The molecule has 1 N–H and O–H groups in total. The number of halogens is 2. The molecule has 1 fully saturated rings. The quantitative estimate of drug-likeness (QED) is 0.521. The predicted molar refractivity (Wildman–Crippen MR) is 128 cm³/mol. The van der Waals surface area contributed by atoms with Crippen LogP contribution in [0.3, 0.4) is 0 Å². The van der Waals surface area contributed by atoms with Crippen LogP contribution in [0.15, 0.2) is 47.0 Å². The zero-order chi connectivity index (χ0) is 22.8. The van der Waals surface area contributed by atoms with Crippen molar-refractivity contribution >= 4 is 29.1 Å². The number of fused-ring (bicyclic) bond motifs is 1. The van der Waals surface area contributed by atoms with Crippen molar-refractivity contribution < 1.29 is 9.32 Å². The second kappa shape index (κ2) is 9.84. The highest BCUT2D eigenvalue weighted by molar-refractivity contribution is 6.36. The summed E-state index contributed by atoms with van der Waals surface area (Å²) in [6.07, 6.45) is 4.88. The van der Waals surface area contributed by atoms with Gasteiger partial charge in [0.25, 0.3) is 0 Å². The molecule has 8 heteroatoms. The first-order valence-corrected chi connectivity index (χ1v) is 12.2. The Kier molecular flexibility index (Phi) is 6.67. The molecule has 172 valence electrons. The minimum Gasteiger partial charge on any atom is -0.349 e. The smallest absolute Gasteiger partial charge is 0.241 e. The Balaban J connectivity index is 1.14. The van der Waals surface area contributed by atoms with E-state index in [1.54, 1.807) is 18.2 Å². The number of aryl methyl sites for hydroxylation is 1. The van der Waals surface area contributed by atoms with Crippen LogP contribution in [-0.2, 0) is 17.8 Å². The number of piperidine rings is 1. The Hall–Kier alpha value is -2.41. The van der Waals surface area contributed by atoms with Gasteiger partial charge in [0, 0.05) is 16.5 Å². The first-order chi connectivity index (χ1) is 16.1. The maximum Gasteiger partial charge on any atom is 0.241 e. The summed E-state index contributed by atoms with van der Waals surface area (Å²) in [5.41, 5.74) is 3.33. The largest absolute Gasteiger partial charge is 0.349 e. The van der Waals surface area contributed by atoms with Gasteiger partial charge >= 0.3 is 0 Å². The van der Waals surface area contributed by atoms with Crippen molar-refractivity contribution in [2.45, 2.75) is 44.7 Å². The number of carbonyl (C=O) groups is 1. The van der Waals surface area contributed by atoms with Crippen LogP contribution in [-0.4, -0.2) is 34.0 Å². The highest BCUT2D eigenvalue weighted by Gasteiger charge is 2.29. The van der Waals surface area contributed by atoms with Crippen LogP contribution in [0, 0.1) is 5.92 Å². The molecule has 3 aromatic rings. The summed E-state index contributed by atoms with van der Waals surface area (Å²) in [6.45, 7) is 2.19. The van der Waals surface area contributed by atoms with Gasteiger partial charge in [-0.2, -0.15) is 4.98 Å². The zero-order valence-corrected chi connectivity index (χ0v) is 19.8. The number of nitrogens with one attached hydrogen (secondary N) is 1. The number of hydrogen-bond donors (Lipinski definition) is 1. The van der Waals surface area contributed by atoms with Crippen molar-refractivity contribution in [3.8, 4) is 11.4 Å². The van der Waals surface area contributed by atoms with E-state index in [1.165, 1.54) is 11.1 Å². The lowest BCUT2D eigenvalue weighted by molar-refractivity contribution is -0.127. The lowest BCUT2D eigenvalue weighted by atomic mass is 9.87. The molecule has 0 radical (unpaired) electrons. The monoisotopic (exact) mass is 484 g/mol. The van der Waals surface area contributed by atoms with E-state index in [1.807, 2.05) is 0 Å². The molecule has 0 spiro atoms. The van der Waals surface area contributed by atoms with Crippen molar-refractivity contribution in [2.75, 3.05) is 13.1 Å². The van der Waals surface area contributed by atoms with Gasteiger partial charge < -0.3 is 9.84 Å². The molecule has 2 aliphatic rings. The number of aromatic nitrogens is 2. The van der Waals surface area contributed by atoms with Gasteiger partial charge in [-0.3, -0.25) is 9.69 Å². The van der Waals surface area contributed by atoms with Crippen LogP contribution in [0.5, 0.6) is 0 Å². The first-order valence-electron chi connectivity index (χ1n) is 11.5. The Labute approximate surface area is 203 Å². The minimum absolute atomic E-state index is 0.0430. The molecule has 1 unspecified atom stereocenters. The maximum absolute atomic E-state index is 13.0. The van der Waals surface area contributed by atoms with Crippen LogP contribution in [0.4, 0.5) is 0 Å². The molecule has 1 aliphatic heterocycles. The lowest BCUT2D eigenvalue weighted by Gasteiger charge is -2.32. The molecule has 1 atom stereocenters. The minimum atomic E-state index is 0.0430. The Morgan fingerprint density at radius 1 is 1.12 bits per heavy atom. The van der Waals surface area contributed by atoms with E-state index in [0.29, 0.717) is 33.9 Å². The van der Waals surface area contributed by atoms with E-state index in [0.717, 1.165) is 45.2 Å². The molecule has 5 rings (SSSR count). The summed E-state index contributed by atoms with van der Waals surface area (Å²) in [6, 6.07) is 13.8. The standard InChI is InChI=1S/C25H26Cl2N4O2/c26-18-8-9-20(21(27)14-18)24-29-23(33-30-24)15-31-12-10-17(11-13-31)25(32)28-22-7-3-5-16-4-1-2-6-19(16)22/h1-2,4,6,8-9,14,17,22H,3,5,7,10-13,15H2,(H,28,32). The highest BCUT2D eigenvalue weighted by atomic mass is 35.5. The van der Waals surface area contributed by atoms with Gasteiger partial charge in [0.1, 0.15) is 0 Å². The van der Waals surface area contributed by atoms with E-state index in [-0.39, 0.29) is 17.9 Å². The van der Waals surface area contributed by atoms with E-state index in [4.69, 9.17) is 27.7 Å². The normalized spacial score (nSPS) is 19.3. The molecular formula is C25H26Cl2N4O2. The average molecular weight is 485 g/mol. The average Bonchev–Trinajstić information content (AvgIpc) is 3.28. The summed E-state index contributed by atoms with van der Waals surface area (Å²) in [5, 5.41) is 8.43. The van der Waals surface area contributed by atoms with Crippen LogP contribution < -0.4 is 5.32 Å². The molecule has 1 saturated heterocycles. The van der Waals surface area contributed by atoms with E-state index in [9.17, 15) is 4.79 Å². The fourth-order valence-corrected chi connectivity index (χ4v) is 5.33. The van der Waals surface area contributed by atoms with E-state index < -0.39 is 0 Å². The van der Waals surface area contributed by atoms with Crippen molar-refractivity contribution in [1.29, 1.82) is 0 Å². The number of rotatable bonds is 5. The molecule has 2 heterocycles. The van der Waals surface area contributed by atoms with E-state index in [2.05, 4.69) is 44.6 Å². The fourth-order valence-electron chi connectivity index (χ4n) is 4.84. The third-order valence-corrected chi connectivity index (χ3v) is 7.19. The Morgan fingerprint density at radius 2 is 1.94 bits per heavy atom. The van der Waals surface area contributed by atoms with Crippen molar-refractivity contribution in [1.82, 2.24) is 20.4 Å². The number of amides is 1. The molecule has 0 bridgehead atoms. The molecular weight excluding hydrogens is 459 g/mol. The molecule has 1 aromatic heterocycles. The summed E-state index contributed by atoms with van der Waals surface area (Å²) >= 11 is 12.2. The van der Waals surface area contributed by atoms with Crippen molar-refractivity contribution in [2.24, 2.45) is 5.92 Å². The van der Waals surface area contributed by atoms with Gasteiger partial charge in [-0.1, -0.05) is 52.6 Å². The number of carbonyl (C=O) groups excluding carboxylic acids is 1. The van der Waals surface area contributed by atoms with Gasteiger partial charge in [-0.05, 0) is 74.5 Å². The van der Waals surface area contributed by atoms with E-state index >= 15 is 0 Å². The van der Waals surface area contributed by atoms with Crippen LogP contribution in [0.2, 0.25) is 10.0 Å². The predicted octanol–water partition coefficient (Wildman–Crippen LogP) is 5.45. The Bertz CT molecular complexity index is 1140. The summed E-state index contributed by atoms with van der Waals surface area (Å²) in [4.78, 5) is 19.7. The summed E-state index contributed by atoms with van der Waals surface area (Å²) < 4.78 is 5.44. The third-order valence-electron chi connectivity index (χ3n) is 6.64. The number of benzene rings is 2. The van der Waals surface area contributed by atoms with Crippen LogP contribution in [0.1, 0.15) is 48.7 Å². The van der Waals surface area contributed by atoms with Gasteiger partial charge in [0.05, 0.1) is 17.6 Å². The zero-order valence-electron chi connectivity index (χ0n) is 18.3.